The molecule has 4 nitrogen and oxygen atoms in total. The third-order valence-corrected chi connectivity index (χ3v) is 3.37. The van der Waals surface area contributed by atoms with Gasteiger partial charge in [0.25, 0.3) is 0 Å². The van der Waals surface area contributed by atoms with Crippen LogP contribution in [0.25, 0.3) is 11.4 Å². The van der Waals surface area contributed by atoms with E-state index in [4.69, 9.17) is 0 Å². The molecule has 1 saturated carbocycles. The predicted molar refractivity (Wildman–Crippen MR) is 63.8 cm³/mol. The molecular formula is C13H13N3O. The Morgan fingerprint density at radius 3 is 2.82 bits per heavy atom. The summed E-state index contributed by atoms with van der Waals surface area (Å²) in [5.41, 5.74) is 3.07. The minimum atomic E-state index is 0.472. The highest BCUT2D eigenvalue weighted by molar-refractivity contribution is 5.86. The molecule has 86 valence electrons. The van der Waals surface area contributed by atoms with Gasteiger partial charge in [0.05, 0.1) is 11.3 Å². The fourth-order valence-electron chi connectivity index (χ4n) is 2.19. The molecular weight excluding hydrogens is 214 g/mol. The summed E-state index contributed by atoms with van der Waals surface area (Å²) >= 11 is 0. The monoisotopic (exact) mass is 227 g/mol. The highest BCUT2D eigenvalue weighted by Gasteiger charge is 2.26. The van der Waals surface area contributed by atoms with Crippen molar-refractivity contribution in [2.75, 3.05) is 0 Å². The van der Waals surface area contributed by atoms with Crippen LogP contribution in [0.15, 0.2) is 24.4 Å². The van der Waals surface area contributed by atoms with E-state index >= 15 is 0 Å². The van der Waals surface area contributed by atoms with Gasteiger partial charge in [0.1, 0.15) is 5.69 Å². The molecule has 4 heteroatoms. The zero-order chi connectivity index (χ0) is 11.7. The highest BCUT2D eigenvalue weighted by atomic mass is 16.1. The number of nitrogens with zero attached hydrogens (tertiary/aromatic N) is 2. The van der Waals surface area contributed by atoms with Gasteiger partial charge in [-0.25, -0.2) is 0 Å². The largest absolute Gasteiger partial charge is 0.298 e. The number of hydrogen-bond donors (Lipinski definition) is 1. The van der Waals surface area contributed by atoms with Crippen molar-refractivity contribution in [1.29, 1.82) is 0 Å². The van der Waals surface area contributed by atoms with Crippen LogP contribution in [0.1, 0.15) is 41.2 Å². The van der Waals surface area contributed by atoms with Crippen molar-refractivity contribution in [3.05, 3.63) is 35.7 Å². The molecule has 2 heterocycles. The Labute approximate surface area is 99.1 Å². The lowest BCUT2D eigenvalue weighted by atomic mass is 9.81. The summed E-state index contributed by atoms with van der Waals surface area (Å²) in [6.45, 7) is 0. The Bertz CT molecular complexity index is 529. The van der Waals surface area contributed by atoms with Gasteiger partial charge in [-0.3, -0.25) is 14.9 Å². The number of carbonyl (C=O) groups is 1. The smallest absolute Gasteiger partial charge is 0.154 e. The maximum Gasteiger partial charge on any atom is 0.154 e. The van der Waals surface area contributed by atoms with Gasteiger partial charge >= 0.3 is 0 Å². The van der Waals surface area contributed by atoms with Crippen molar-refractivity contribution in [2.45, 2.75) is 25.2 Å². The summed E-state index contributed by atoms with van der Waals surface area (Å²) in [5.74, 6) is 0.472. The lowest BCUT2D eigenvalue weighted by Gasteiger charge is -2.24. The number of nitrogens with one attached hydrogen (secondary N) is 1. The second-order valence-electron chi connectivity index (χ2n) is 4.36. The van der Waals surface area contributed by atoms with Crippen molar-refractivity contribution >= 4 is 6.29 Å². The summed E-state index contributed by atoms with van der Waals surface area (Å²) in [7, 11) is 0. The van der Waals surface area contributed by atoms with Crippen LogP contribution in [0.5, 0.6) is 0 Å². The first-order valence-corrected chi connectivity index (χ1v) is 5.85. The average Bonchev–Trinajstić information content (AvgIpc) is 2.71. The number of aromatic amines is 1. The van der Waals surface area contributed by atoms with Crippen molar-refractivity contribution in [3.63, 3.8) is 0 Å². The van der Waals surface area contributed by atoms with Crippen LogP contribution >= 0.6 is 0 Å². The lowest BCUT2D eigenvalue weighted by Crippen LogP contribution is -2.11. The van der Waals surface area contributed by atoms with Crippen LogP contribution < -0.4 is 0 Å². The first kappa shape index (κ1) is 10.2. The van der Waals surface area contributed by atoms with Crippen LogP contribution in [-0.4, -0.2) is 21.5 Å². The van der Waals surface area contributed by atoms with Crippen molar-refractivity contribution in [3.8, 4) is 11.4 Å². The van der Waals surface area contributed by atoms with Crippen LogP contribution in [0, 0.1) is 0 Å². The molecule has 1 aliphatic carbocycles. The molecule has 0 spiro atoms. The third-order valence-electron chi connectivity index (χ3n) is 3.37. The summed E-state index contributed by atoms with van der Waals surface area (Å²) in [6, 6.07) is 5.62. The zero-order valence-corrected chi connectivity index (χ0v) is 9.39. The molecule has 1 fully saturated rings. The van der Waals surface area contributed by atoms with Crippen molar-refractivity contribution in [1.82, 2.24) is 15.2 Å². The molecule has 0 amide bonds. The topological polar surface area (TPSA) is 58.6 Å². The van der Waals surface area contributed by atoms with Gasteiger partial charge in [-0.15, -0.1) is 0 Å². The van der Waals surface area contributed by atoms with Gasteiger partial charge < -0.3 is 0 Å². The van der Waals surface area contributed by atoms with Gasteiger partial charge in [0, 0.05) is 17.8 Å². The Kier molecular flexibility index (Phi) is 2.48. The fraction of sp³-hybridized carbons (Fsp3) is 0.308. The van der Waals surface area contributed by atoms with E-state index in [9.17, 15) is 4.79 Å². The number of carbonyl (C=O) groups excluding carboxylic acids is 1. The lowest BCUT2D eigenvalue weighted by molar-refractivity contribution is 0.112. The molecule has 0 bridgehead atoms. The molecule has 3 rings (SSSR count). The van der Waals surface area contributed by atoms with E-state index < -0.39 is 0 Å². The number of hydrogen-bond acceptors (Lipinski definition) is 3. The highest BCUT2D eigenvalue weighted by Crippen LogP contribution is 2.38. The molecule has 1 aliphatic rings. The van der Waals surface area contributed by atoms with E-state index in [1.54, 1.807) is 6.20 Å². The van der Waals surface area contributed by atoms with E-state index in [1.807, 2.05) is 18.2 Å². The van der Waals surface area contributed by atoms with E-state index in [1.165, 1.54) is 6.42 Å². The maximum atomic E-state index is 11.2. The summed E-state index contributed by atoms with van der Waals surface area (Å²) in [5, 5.41) is 7.25. The van der Waals surface area contributed by atoms with E-state index in [-0.39, 0.29) is 0 Å². The SMILES string of the molecule is O=Cc1c(-c2ccccn2)n[nH]c1C1CCC1. The molecule has 17 heavy (non-hydrogen) atoms. The maximum absolute atomic E-state index is 11.2. The van der Waals surface area contributed by atoms with Crippen LogP contribution in [-0.2, 0) is 0 Å². The predicted octanol–water partition coefficient (Wildman–Crippen LogP) is 2.55. The number of aldehydes is 1. The standard InChI is InChI=1S/C13H13N3O/c17-8-10-12(9-4-3-5-9)15-16-13(10)11-6-1-2-7-14-11/h1-2,6-9H,3-5H2,(H,15,16). The quantitative estimate of drug-likeness (QED) is 0.820. The zero-order valence-electron chi connectivity index (χ0n) is 9.39. The Hall–Kier alpha value is -1.97. The molecule has 0 radical (unpaired) electrons. The molecule has 0 unspecified atom stereocenters. The van der Waals surface area contributed by atoms with Gasteiger partial charge in [-0.1, -0.05) is 12.5 Å². The van der Waals surface area contributed by atoms with E-state index in [0.717, 1.165) is 30.5 Å². The van der Waals surface area contributed by atoms with Crippen molar-refractivity contribution < 1.29 is 4.79 Å². The Balaban J connectivity index is 2.05. The van der Waals surface area contributed by atoms with Gasteiger partial charge in [0.15, 0.2) is 6.29 Å². The second kappa shape index (κ2) is 4.13. The van der Waals surface area contributed by atoms with Crippen LogP contribution in [0.3, 0.4) is 0 Å². The van der Waals surface area contributed by atoms with E-state index in [0.29, 0.717) is 17.2 Å². The number of rotatable bonds is 3. The first-order chi connectivity index (χ1) is 8.40. The Morgan fingerprint density at radius 1 is 1.35 bits per heavy atom. The molecule has 0 aromatic carbocycles. The number of pyridine rings is 1. The fourth-order valence-corrected chi connectivity index (χ4v) is 2.19. The summed E-state index contributed by atoms with van der Waals surface area (Å²) in [4.78, 5) is 15.5. The van der Waals surface area contributed by atoms with Crippen LogP contribution in [0.4, 0.5) is 0 Å². The second-order valence-corrected chi connectivity index (χ2v) is 4.36. The summed E-state index contributed by atoms with van der Waals surface area (Å²) in [6.07, 6.45) is 6.12. The van der Waals surface area contributed by atoms with Gasteiger partial charge in [-0.2, -0.15) is 5.10 Å². The molecule has 2 aromatic heterocycles. The first-order valence-electron chi connectivity index (χ1n) is 5.85. The third kappa shape index (κ3) is 1.65. The molecule has 1 N–H and O–H groups in total. The normalized spacial score (nSPS) is 15.5. The molecule has 0 atom stereocenters. The van der Waals surface area contributed by atoms with Crippen LogP contribution in [0.2, 0.25) is 0 Å². The molecule has 0 aliphatic heterocycles. The average molecular weight is 227 g/mol. The number of aromatic nitrogens is 3. The minimum Gasteiger partial charge on any atom is -0.298 e. The van der Waals surface area contributed by atoms with Gasteiger partial charge in [-0.05, 0) is 25.0 Å². The Morgan fingerprint density at radius 2 is 2.24 bits per heavy atom. The molecule has 0 saturated heterocycles. The van der Waals surface area contributed by atoms with Crippen molar-refractivity contribution in [2.24, 2.45) is 0 Å². The number of H-pyrrole nitrogens is 1. The van der Waals surface area contributed by atoms with E-state index in [2.05, 4.69) is 15.2 Å². The molecule has 2 aromatic rings. The summed E-state index contributed by atoms with van der Waals surface area (Å²) < 4.78 is 0. The van der Waals surface area contributed by atoms with Gasteiger partial charge in [0.2, 0.25) is 0 Å². The minimum absolute atomic E-state index is 0.472.